The van der Waals surface area contributed by atoms with Crippen molar-refractivity contribution in [1.29, 1.82) is 0 Å². The van der Waals surface area contributed by atoms with Gasteiger partial charge in [-0.25, -0.2) is 4.39 Å². The van der Waals surface area contributed by atoms with Gasteiger partial charge in [0, 0.05) is 31.7 Å². The lowest BCUT2D eigenvalue weighted by molar-refractivity contribution is -0.121. The van der Waals surface area contributed by atoms with Crippen LogP contribution in [0.5, 0.6) is 0 Å². The van der Waals surface area contributed by atoms with Gasteiger partial charge in [0.05, 0.1) is 0 Å². The van der Waals surface area contributed by atoms with Gasteiger partial charge in [-0.2, -0.15) is 0 Å². The number of para-hydroxylation sites is 1. The van der Waals surface area contributed by atoms with E-state index in [1.54, 1.807) is 12.1 Å². The average molecular weight is 298 g/mol. The van der Waals surface area contributed by atoms with E-state index in [4.69, 9.17) is 0 Å². The van der Waals surface area contributed by atoms with E-state index >= 15 is 0 Å². The lowest BCUT2D eigenvalue weighted by Gasteiger charge is -2.18. The van der Waals surface area contributed by atoms with E-state index in [2.05, 4.69) is 28.4 Å². The highest BCUT2D eigenvalue weighted by Crippen LogP contribution is 2.27. The molecule has 0 bridgehead atoms. The maximum absolute atomic E-state index is 12.8. The molecule has 0 radical (unpaired) electrons. The lowest BCUT2D eigenvalue weighted by Crippen LogP contribution is -2.29. The van der Waals surface area contributed by atoms with Crippen LogP contribution in [0.2, 0.25) is 0 Å². The maximum atomic E-state index is 12.8. The third kappa shape index (κ3) is 3.45. The fourth-order valence-electron chi connectivity index (χ4n) is 2.77. The summed E-state index contributed by atoms with van der Waals surface area (Å²) in [4.78, 5) is 14.2. The van der Waals surface area contributed by atoms with Crippen molar-refractivity contribution in [3.63, 3.8) is 0 Å². The van der Waals surface area contributed by atoms with E-state index in [1.807, 2.05) is 6.07 Å². The number of amides is 1. The van der Waals surface area contributed by atoms with Crippen LogP contribution >= 0.6 is 0 Å². The van der Waals surface area contributed by atoms with Gasteiger partial charge in [0.2, 0.25) is 5.91 Å². The second kappa shape index (κ2) is 6.60. The number of anilines is 1. The predicted octanol–water partition coefficient (Wildman–Crippen LogP) is 2.89. The summed E-state index contributed by atoms with van der Waals surface area (Å²) in [6.45, 7) is 2.15. The van der Waals surface area contributed by atoms with Crippen molar-refractivity contribution in [2.75, 3.05) is 18.0 Å². The predicted molar refractivity (Wildman–Crippen MR) is 85.2 cm³/mol. The zero-order chi connectivity index (χ0) is 15.4. The van der Waals surface area contributed by atoms with E-state index in [0.29, 0.717) is 13.0 Å². The Morgan fingerprint density at radius 3 is 2.73 bits per heavy atom. The molecule has 0 aliphatic carbocycles. The topological polar surface area (TPSA) is 32.3 Å². The van der Waals surface area contributed by atoms with Crippen LogP contribution in [0.4, 0.5) is 10.1 Å². The molecular weight excluding hydrogens is 279 g/mol. The fraction of sp³-hybridized carbons (Fsp3) is 0.278. The molecule has 0 aromatic heterocycles. The van der Waals surface area contributed by atoms with Crippen molar-refractivity contribution < 1.29 is 9.18 Å². The minimum absolute atomic E-state index is 0.0220. The van der Waals surface area contributed by atoms with Crippen molar-refractivity contribution in [1.82, 2.24) is 5.32 Å². The van der Waals surface area contributed by atoms with E-state index in [9.17, 15) is 9.18 Å². The Balaban J connectivity index is 1.46. The summed E-state index contributed by atoms with van der Waals surface area (Å²) in [6.07, 6.45) is 1.52. The molecule has 1 heterocycles. The molecule has 4 heteroatoms. The molecule has 1 aliphatic rings. The van der Waals surface area contributed by atoms with Gasteiger partial charge < -0.3 is 10.2 Å². The Kier molecular flexibility index (Phi) is 4.37. The molecule has 3 rings (SSSR count). The summed E-state index contributed by atoms with van der Waals surface area (Å²) in [7, 11) is 0. The van der Waals surface area contributed by atoms with E-state index < -0.39 is 0 Å². The van der Waals surface area contributed by atoms with Crippen molar-refractivity contribution in [3.8, 4) is 0 Å². The monoisotopic (exact) mass is 298 g/mol. The number of hydrogen-bond donors (Lipinski definition) is 1. The average Bonchev–Trinajstić information content (AvgIpc) is 2.96. The van der Waals surface area contributed by atoms with Crippen molar-refractivity contribution in [3.05, 3.63) is 65.5 Å². The minimum Gasteiger partial charge on any atom is -0.370 e. The Bertz CT molecular complexity index is 654. The summed E-state index contributed by atoms with van der Waals surface area (Å²) in [5.41, 5.74) is 3.50. The van der Waals surface area contributed by atoms with E-state index in [1.165, 1.54) is 23.4 Å². The van der Waals surface area contributed by atoms with Gasteiger partial charge in [-0.05, 0) is 35.7 Å². The highest BCUT2D eigenvalue weighted by Gasteiger charge is 2.18. The molecule has 0 fully saturated rings. The van der Waals surface area contributed by atoms with Crippen LogP contribution in [-0.4, -0.2) is 19.0 Å². The molecule has 2 aromatic rings. The van der Waals surface area contributed by atoms with Gasteiger partial charge in [0.25, 0.3) is 0 Å². The third-order valence-electron chi connectivity index (χ3n) is 4.00. The molecule has 0 spiro atoms. The number of nitrogens with one attached hydrogen (secondary N) is 1. The largest absolute Gasteiger partial charge is 0.370 e. The van der Waals surface area contributed by atoms with Crippen molar-refractivity contribution in [2.45, 2.75) is 19.4 Å². The molecule has 2 aromatic carbocycles. The van der Waals surface area contributed by atoms with Gasteiger partial charge in [0.15, 0.2) is 0 Å². The quantitative estimate of drug-likeness (QED) is 0.920. The third-order valence-corrected chi connectivity index (χ3v) is 4.00. The summed E-state index contributed by atoms with van der Waals surface area (Å²) in [5, 5.41) is 2.88. The number of rotatable bonds is 5. The van der Waals surface area contributed by atoms with Gasteiger partial charge in [-0.15, -0.1) is 0 Å². The molecular formula is C18H19FN2O. The Morgan fingerprint density at radius 1 is 1.14 bits per heavy atom. The number of carbonyl (C=O) groups is 1. The van der Waals surface area contributed by atoms with Gasteiger partial charge in [-0.3, -0.25) is 4.79 Å². The molecule has 1 amide bonds. The molecule has 22 heavy (non-hydrogen) atoms. The number of hydrogen-bond acceptors (Lipinski definition) is 2. The van der Waals surface area contributed by atoms with Crippen LogP contribution in [0.3, 0.4) is 0 Å². The first-order valence-electron chi connectivity index (χ1n) is 7.56. The Morgan fingerprint density at radius 2 is 1.91 bits per heavy atom. The summed E-state index contributed by atoms with van der Waals surface area (Å²) >= 11 is 0. The van der Waals surface area contributed by atoms with E-state index in [0.717, 1.165) is 25.1 Å². The van der Waals surface area contributed by atoms with Crippen LogP contribution in [0.15, 0.2) is 48.5 Å². The summed E-state index contributed by atoms with van der Waals surface area (Å²) < 4.78 is 12.8. The van der Waals surface area contributed by atoms with Gasteiger partial charge >= 0.3 is 0 Å². The first-order chi connectivity index (χ1) is 10.7. The Hall–Kier alpha value is -2.36. The SMILES string of the molecule is O=C(CCN1CCc2ccccc21)NCc1ccc(F)cc1. The smallest absolute Gasteiger partial charge is 0.222 e. The molecule has 1 aliphatic heterocycles. The Labute approximate surface area is 129 Å². The molecule has 0 atom stereocenters. The zero-order valence-corrected chi connectivity index (χ0v) is 12.4. The van der Waals surface area contributed by atoms with Crippen LogP contribution in [-0.2, 0) is 17.8 Å². The van der Waals surface area contributed by atoms with Gasteiger partial charge in [0.1, 0.15) is 5.82 Å². The number of fused-ring (bicyclic) bond motifs is 1. The van der Waals surface area contributed by atoms with Gasteiger partial charge in [-0.1, -0.05) is 30.3 Å². The van der Waals surface area contributed by atoms with Crippen LogP contribution in [0, 0.1) is 5.82 Å². The molecule has 0 unspecified atom stereocenters. The highest BCUT2D eigenvalue weighted by molar-refractivity contribution is 5.76. The minimum atomic E-state index is -0.261. The number of nitrogens with zero attached hydrogens (tertiary/aromatic N) is 1. The van der Waals surface area contributed by atoms with Crippen LogP contribution < -0.4 is 10.2 Å². The fourth-order valence-corrected chi connectivity index (χ4v) is 2.77. The second-order valence-corrected chi connectivity index (χ2v) is 5.52. The highest BCUT2D eigenvalue weighted by atomic mass is 19.1. The van der Waals surface area contributed by atoms with E-state index in [-0.39, 0.29) is 11.7 Å². The lowest BCUT2D eigenvalue weighted by atomic mass is 10.2. The normalized spacial score (nSPS) is 13.0. The van der Waals surface area contributed by atoms with Crippen LogP contribution in [0.1, 0.15) is 17.5 Å². The standard InChI is InChI=1S/C18H19FN2O/c19-16-7-5-14(6-8-16)13-20-18(22)10-12-21-11-9-15-3-1-2-4-17(15)21/h1-8H,9-13H2,(H,20,22). The maximum Gasteiger partial charge on any atom is 0.222 e. The molecule has 0 saturated heterocycles. The number of halogens is 1. The second-order valence-electron chi connectivity index (χ2n) is 5.52. The number of carbonyl (C=O) groups excluding carboxylic acids is 1. The summed E-state index contributed by atoms with van der Waals surface area (Å²) in [6, 6.07) is 14.5. The number of benzene rings is 2. The first-order valence-corrected chi connectivity index (χ1v) is 7.56. The molecule has 3 nitrogen and oxygen atoms in total. The zero-order valence-electron chi connectivity index (χ0n) is 12.4. The van der Waals surface area contributed by atoms with Crippen molar-refractivity contribution in [2.24, 2.45) is 0 Å². The molecule has 114 valence electrons. The molecule has 0 saturated carbocycles. The first kappa shape index (κ1) is 14.6. The van der Waals surface area contributed by atoms with Crippen molar-refractivity contribution >= 4 is 11.6 Å². The molecule has 1 N–H and O–H groups in total. The summed E-state index contributed by atoms with van der Waals surface area (Å²) in [5.74, 6) is -0.239. The van der Waals surface area contributed by atoms with Crippen LogP contribution in [0.25, 0.3) is 0 Å².